The van der Waals surface area contributed by atoms with E-state index >= 15 is 0 Å². The quantitative estimate of drug-likeness (QED) is 0.142. The number of ether oxygens (including phenoxy) is 2. The van der Waals surface area contributed by atoms with E-state index in [0.29, 0.717) is 35.0 Å². The summed E-state index contributed by atoms with van der Waals surface area (Å²) in [5, 5.41) is 8.26. The van der Waals surface area contributed by atoms with Crippen molar-refractivity contribution in [2.45, 2.75) is 13.2 Å². The molecule has 0 atom stereocenters. The number of benzene rings is 3. The van der Waals surface area contributed by atoms with Crippen molar-refractivity contribution in [2.75, 3.05) is 18.6 Å². The average Bonchev–Trinajstić information content (AvgIpc) is 3.55. The van der Waals surface area contributed by atoms with Crippen LogP contribution in [0.5, 0.6) is 11.5 Å². The first kappa shape index (κ1) is 29.2. The summed E-state index contributed by atoms with van der Waals surface area (Å²) >= 11 is 6.73. The lowest BCUT2D eigenvalue weighted by Gasteiger charge is -2.16. The molecule has 1 aliphatic heterocycles. The van der Waals surface area contributed by atoms with Gasteiger partial charge in [-0.25, -0.2) is 0 Å². The van der Waals surface area contributed by atoms with Gasteiger partial charge < -0.3 is 14.4 Å². The summed E-state index contributed by atoms with van der Waals surface area (Å²) in [6, 6.07) is 18.2. The van der Waals surface area contributed by atoms with Crippen LogP contribution in [-0.4, -0.2) is 46.1 Å². The van der Waals surface area contributed by atoms with Gasteiger partial charge in [0.25, 0.3) is 11.7 Å². The maximum Gasteiger partial charge on any atom is 0.299 e. The highest BCUT2D eigenvalue weighted by atomic mass is 79.9. The topological polar surface area (TPSA) is 104 Å². The fourth-order valence-electron chi connectivity index (χ4n) is 4.26. The van der Waals surface area contributed by atoms with Crippen LogP contribution in [0.15, 0.2) is 88.0 Å². The number of anilines is 1. The maximum atomic E-state index is 12.5. The normalized spacial score (nSPS) is 12.9. The highest BCUT2D eigenvalue weighted by molar-refractivity contribution is 9.10. The average molecular weight is 692 g/mol. The van der Waals surface area contributed by atoms with Gasteiger partial charge in [-0.15, -0.1) is 5.10 Å². The van der Waals surface area contributed by atoms with Crippen molar-refractivity contribution in [1.82, 2.24) is 15.0 Å². The van der Waals surface area contributed by atoms with Crippen LogP contribution in [0.2, 0.25) is 0 Å². The Balaban J connectivity index is 1.15. The first-order chi connectivity index (χ1) is 20.3. The summed E-state index contributed by atoms with van der Waals surface area (Å²) in [6.07, 6.45) is 8.20. The number of nitrogens with zero attached hydrogens (tertiary/aromatic N) is 4. The zero-order valence-electron chi connectivity index (χ0n) is 22.4. The third kappa shape index (κ3) is 6.92. The molecule has 0 saturated heterocycles. The second-order valence-corrected chi connectivity index (χ2v) is 11.1. The van der Waals surface area contributed by atoms with E-state index in [4.69, 9.17) is 9.47 Å². The van der Waals surface area contributed by atoms with Gasteiger partial charge in [0.1, 0.15) is 12.3 Å². The third-order valence-electron chi connectivity index (χ3n) is 6.39. The second kappa shape index (κ2) is 13.1. The van der Waals surface area contributed by atoms with Crippen molar-refractivity contribution in [3.8, 4) is 11.5 Å². The van der Waals surface area contributed by atoms with E-state index in [1.807, 2.05) is 30.3 Å². The smallest absolute Gasteiger partial charge is 0.299 e. The lowest BCUT2D eigenvalue weighted by molar-refractivity contribution is -0.114. The van der Waals surface area contributed by atoms with E-state index in [2.05, 4.69) is 42.2 Å². The molecule has 0 N–H and O–H groups in total. The standard InChI is InChI=1S/C31H24Br2N4O5/c1-41-29-16-21(5-11-25(38)10-4-20-2-7-22(32)8-3-20)6-13-28(29)42-19-24-18-36(35-34-24)14-15-37-27-12-9-23(33)17-26(27)30(39)31(37)40/h2-13,16-18H,14-15,19H2,1H3/b10-4+,11-5+. The highest BCUT2D eigenvalue weighted by Crippen LogP contribution is 2.31. The van der Waals surface area contributed by atoms with Crippen molar-refractivity contribution in [2.24, 2.45) is 0 Å². The minimum absolute atomic E-state index is 0.140. The van der Waals surface area contributed by atoms with E-state index in [1.54, 1.807) is 60.5 Å². The van der Waals surface area contributed by atoms with Crippen LogP contribution < -0.4 is 14.4 Å². The van der Waals surface area contributed by atoms with Crippen LogP contribution in [0.25, 0.3) is 12.2 Å². The van der Waals surface area contributed by atoms with Gasteiger partial charge in [-0.1, -0.05) is 67.4 Å². The van der Waals surface area contributed by atoms with Crippen LogP contribution in [0.3, 0.4) is 0 Å². The van der Waals surface area contributed by atoms with Gasteiger partial charge in [0, 0.05) is 15.5 Å². The van der Waals surface area contributed by atoms with Crippen molar-refractivity contribution < 1.29 is 23.9 Å². The van der Waals surface area contributed by atoms with Crippen LogP contribution >= 0.6 is 31.9 Å². The Morgan fingerprint density at radius 1 is 0.881 bits per heavy atom. The molecule has 9 nitrogen and oxygen atoms in total. The molecule has 42 heavy (non-hydrogen) atoms. The first-order valence-electron chi connectivity index (χ1n) is 12.8. The van der Waals surface area contributed by atoms with Crippen molar-refractivity contribution in [3.63, 3.8) is 0 Å². The third-order valence-corrected chi connectivity index (χ3v) is 7.41. The Hall–Kier alpha value is -4.35. The van der Waals surface area contributed by atoms with Crippen LogP contribution in [0, 0.1) is 0 Å². The highest BCUT2D eigenvalue weighted by Gasteiger charge is 2.35. The molecule has 1 aromatic heterocycles. The van der Waals surface area contributed by atoms with Crippen LogP contribution in [-0.2, 0) is 22.7 Å². The summed E-state index contributed by atoms with van der Waals surface area (Å²) in [5.74, 6) is -0.203. The number of rotatable bonds is 11. The molecular formula is C31H24Br2N4O5. The number of amides is 1. The van der Waals surface area contributed by atoms with Crippen molar-refractivity contribution in [1.29, 1.82) is 0 Å². The number of hydrogen-bond acceptors (Lipinski definition) is 7. The van der Waals surface area contributed by atoms with E-state index in [0.717, 1.165) is 20.1 Å². The number of hydrogen-bond donors (Lipinski definition) is 0. The second-order valence-electron chi connectivity index (χ2n) is 9.24. The molecular weight excluding hydrogens is 668 g/mol. The Kier molecular flexibility index (Phi) is 9.09. The molecule has 0 spiro atoms. The molecule has 0 saturated carbocycles. The molecule has 0 bridgehead atoms. The molecule has 4 aromatic rings. The minimum Gasteiger partial charge on any atom is -0.493 e. The molecule has 0 aliphatic carbocycles. The maximum absolute atomic E-state index is 12.5. The summed E-state index contributed by atoms with van der Waals surface area (Å²) in [6.45, 7) is 0.764. The van der Waals surface area contributed by atoms with Crippen molar-refractivity contribution in [3.05, 3.63) is 110 Å². The summed E-state index contributed by atoms with van der Waals surface area (Å²) in [5.41, 5.74) is 3.26. The van der Waals surface area contributed by atoms with E-state index in [-0.39, 0.29) is 18.9 Å². The van der Waals surface area contributed by atoms with Crippen molar-refractivity contribution >= 4 is 67.2 Å². The first-order valence-corrected chi connectivity index (χ1v) is 14.4. The van der Waals surface area contributed by atoms with Crippen LogP contribution in [0.4, 0.5) is 5.69 Å². The summed E-state index contributed by atoms with van der Waals surface area (Å²) < 4.78 is 14.7. The predicted octanol–water partition coefficient (Wildman–Crippen LogP) is 5.92. The van der Waals surface area contributed by atoms with E-state index in [1.165, 1.54) is 17.1 Å². The van der Waals surface area contributed by atoms with Gasteiger partial charge in [0.2, 0.25) is 0 Å². The number of fused-ring (bicyclic) bond motifs is 1. The number of methoxy groups -OCH3 is 1. The SMILES string of the molecule is COc1cc(/C=C/C(=O)/C=C/c2ccc(Br)cc2)ccc1OCc1cn(CCN2C(=O)C(=O)c3cc(Br)ccc32)nn1. The van der Waals surface area contributed by atoms with Gasteiger partial charge >= 0.3 is 0 Å². The number of allylic oxidation sites excluding steroid dienone is 2. The number of carbonyl (C=O) groups excluding carboxylic acids is 3. The Bertz CT molecular complexity index is 1710. The van der Waals surface area contributed by atoms with E-state index in [9.17, 15) is 14.4 Å². The van der Waals surface area contributed by atoms with Gasteiger partial charge in [-0.2, -0.15) is 0 Å². The fraction of sp³-hybridized carbons (Fsp3) is 0.129. The molecule has 0 radical (unpaired) electrons. The number of halogens is 2. The number of Topliss-reactive ketones (excluding diaryl/α,β-unsaturated/α-hetero) is 1. The van der Waals surface area contributed by atoms with Gasteiger partial charge in [0.05, 0.1) is 31.1 Å². The Labute approximate surface area is 258 Å². The largest absolute Gasteiger partial charge is 0.493 e. The zero-order valence-corrected chi connectivity index (χ0v) is 25.5. The summed E-state index contributed by atoms with van der Waals surface area (Å²) in [7, 11) is 1.54. The fourth-order valence-corrected chi connectivity index (χ4v) is 4.88. The van der Waals surface area contributed by atoms with Gasteiger partial charge in [-0.3, -0.25) is 19.1 Å². The lowest BCUT2D eigenvalue weighted by Crippen LogP contribution is -2.32. The number of carbonyl (C=O) groups is 3. The molecule has 1 aliphatic rings. The number of ketones is 2. The molecule has 11 heteroatoms. The molecule has 1 amide bonds. The zero-order chi connectivity index (χ0) is 29.6. The Morgan fingerprint density at radius 2 is 1.60 bits per heavy atom. The monoisotopic (exact) mass is 690 g/mol. The molecule has 212 valence electrons. The molecule has 5 rings (SSSR count). The molecule has 0 unspecified atom stereocenters. The Morgan fingerprint density at radius 3 is 2.36 bits per heavy atom. The van der Waals surface area contributed by atoms with Gasteiger partial charge in [-0.05, 0) is 65.7 Å². The lowest BCUT2D eigenvalue weighted by atomic mass is 10.1. The van der Waals surface area contributed by atoms with Gasteiger partial charge in [0.15, 0.2) is 17.3 Å². The molecule has 3 aromatic carbocycles. The minimum atomic E-state index is -0.557. The number of aromatic nitrogens is 3. The van der Waals surface area contributed by atoms with E-state index < -0.39 is 11.7 Å². The predicted molar refractivity (Wildman–Crippen MR) is 165 cm³/mol. The molecule has 2 heterocycles. The molecule has 0 fully saturated rings. The van der Waals surface area contributed by atoms with Crippen LogP contribution in [0.1, 0.15) is 27.2 Å². The summed E-state index contributed by atoms with van der Waals surface area (Å²) in [4.78, 5) is 38.5.